The van der Waals surface area contributed by atoms with Crippen LogP contribution in [0.4, 0.5) is 0 Å². The molecule has 0 bridgehead atoms. The lowest BCUT2D eigenvalue weighted by molar-refractivity contribution is -0.104. The molecule has 0 aromatic carbocycles. The Morgan fingerprint density at radius 1 is 0.963 bits per heavy atom. The summed E-state index contributed by atoms with van der Waals surface area (Å²) in [5, 5.41) is 9.99. The van der Waals surface area contributed by atoms with Crippen molar-refractivity contribution in [3.63, 3.8) is 0 Å². The number of carbonyl (C=O) groups excluding carboxylic acids is 1. The molecular weight excluding hydrogens is 332 g/mol. The van der Waals surface area contributed by atoms with Crippen molar-refractivity contribution < 1.29 is 9.90 Å². The molecular formula is C25H34O2. The lowest BCUT2D eigenvalue weighted by Crippen LogP contribution is -2.28. The van der Waals surface area contributed by atoms with Crippen molar-refractivity contribution in [3.8, 4) is 0 Å². The van der Waals surface area contributed by atoms with Gasteiger partial charge in [-0.2, -0.15) is 0 Å². The van der Waals surface area contributed by atoms with E-state index in [0.717, 1.165) is 24.7 Å². The molecule has 1 atom stereocenters. The molecule has 0 aromatic heterocycles. The molecule has 1 aliphatic carbocycles. The van der Waals surface area contributed by atoms with Crippen molar-refractivity contribution in [2.75, 3.05) is 0 Å². The van der Waals surface area contributed by atoms with Gasteiger partial charge in [-0.15, -0.1) is 0 Å². The number of hydrogen-bond donors (Lipinski definition) is 1. The Morgan fingerprint density at radius 3 is 2.11 bits per heavy atom. The van der Waals surface area contributed by atoms with Crippen LogP contribution in [0.25, 0.3) is 0 Å². The fourth-order valence-electron chi connectivity index (χ4n) is 3.31. The Kier molecular flexibility index (Phi) is 9.17. The van der Waals surface area contributed by atoms with Gasteiger partial charge in [0.05, 0.1) is 6.10 Å². The second-order valence-electron chi connectivity index (χ2n) is 8.07. The molecule has 27 heavy (non-hydrogen) atoms. The predicted molar refractivity (Wildman–Crippen MR) is 116 cm³/mol. The molecule has 2 heteroatoms. The van der Waals surface area contributed by atoms with E-state index in [1.165, 1.54) is 16.7 Å². The van der Waals surface area contributed by atoms with Gasteiger partial charge in [-0.25, -0.2) is 0 Å². The van der Waals surface area contributed by atoms with Crippen LogP contribution in [-0.4, -0.2) is 17.5 Å². The SMILES string of the molecule is CC1=C(\C=C/C(C)=C/C=C/C(C)=C/C=C/C=C(\C)C=O)C(C)(C)CC(O)C1. The van der Waals surface area contributed by atoms with Crippen LogP contribution < -0.4 is 0 Å². The molecule has 1 aliphatic rings. The Labute approximate surface area is 165 Å². The molecule has 0 saturated heterocycles. The van der Waals surface area contributed by atoms with Gasteiger partial charge in [0.1, 0.15) is 6.29 Å². The molecule has 0 spiro atoms. The van der Waals surface area contributed by atoms with E-state index >= 15 is 0 Å². The van der Waals surface area contributed by atoms with Crippen molar-refractivity contribution in [2.24, 2.45) is 5.41 Å². The maximum atomic E-state index is 10.5. The van der Waals surface area contributed by atoms with E-state index in [4.69, 9.17) is 0 Å². The molecule has 1 unspecified atom stereocenters. The van der Waals surface area contributed by atoms with Crippen molar-refractivity contribution >= 4 is 6.29 Å². The van der Waals surface area contributed by atoms with Crippen molar-refractivity contribution in [3.05, 3.63) is 82.5 Å². The third kappa shape index (κ3) is 8.36. The highest BCUT2D eigenvalue weighted by Gasteiger charge is 2.31. The highest BCUT2D eigenvalue weighted by molar-refractivity contribution is 5.72. The summed E-state index contributed by atoms with van der Waals surface area (Å²) in [5.41, 5.74) is 5.65. The van der Waals surface area contributed by atoms with E-state index in [9.17, 15) is 9.90 Å². The summed E-state index contributed by atoms with van der Waals surface area (Å²) < 4.78 is 0. The molecule has 146 valence electrons. The van der Waals surface area contributed by atoms with Crippen LogP contribution in [0.3, 0.4) is 0 Å². The van der Waals surface area contributed by atoms with Gasteiger partial charge in [-0.3, -0.25) is 4.79 Å². The van der Waals surface area contributed by atoms with Gasteiger partial charge < -0.3 is 5.11 Å². The first kappa shape index (κ1) is 22.9. The average molecular weight is 367 g/mol. The van der Waals surface area contributed by atoms with E-state index in [2.05, 4.69) is 52.0 Å². The molecule has 2 nitrogen and oxygen atoms in total. The summed E-state index contributed by atoms with van der Waals surface area (Å²) in [5.74, 6) is 0. The summed E-state index contributed by atoms with van der Waals surface area (Å²) in [6.45, 7) is 12.4. The van der Waals surface area contributed by atoms with E-state index in [-0.39, 0.29) is 11.5 Å². The second-order valence-corrected chi connectivity index (χ2v) is 8.07. The molecule has 1 rings (SSSR count). The standard InChI is InChI=1S/C25H34O2/c1-19(10-7-8-11-21(3)18-26)12-9-13-20(2)14-15-24-22(4)16-23(27)17-25(24,5)6/h7-15,18,23,27H,16-17H2,1-6H3/b8-7+,12-9+,15-14-,19-10+,20-13+,21-11+. The molecule has 0 amide bonds. The Balaban J connectivity index is 2.74. The molecule has 0 aliphatic heterocycles. The van der Waals surface area contributed by atoms with Gasteiger partial charge >= 0.3 is 0 Å². The minimum Gasteiger partial charge on any atom is -0.393 e. The number of allylic oxidation sites excluding steroid dienone is 13. The minimum absolute atomic E-state index is 0.0106. The third-order valence-corrected chi connectivity index (χ3v) is 4.72. The summed E-state index contributed by atoms with van der Waals surface area (Å²) in [6.07, 6.45) is 20.3. The number of carbonyl (C=O) groups is 1. The zero-order valence-corrected chi connectivity index (χ0v) is 17.6. The number of aliphatic hydroxyl groups is 1. The summed E-state index contributed by atoms with van der Waals surface area (Å²) >= 11 is 0. The predicted octanol–water partition coefficient (Wildman–Crippen LogP) is 6.19. The van der Waals surface area contributed by atoms with Crippen LogP contribution in [0.1, 0.15) is 54.4 Å². The molecule has 1 N–H and O–H groups in total. The van der Waals surface area contributed by atoms with Gasteiger partial charge in [0.15, 0.2) is 0 Å². The van der Waals surface area contributed by atoms with Crippen LogP contribution in [0.5, 0.6) is 0 Å². The summed E-state index contributed by atoms with van der Waals surface area (Å²) in [7, 11) is 0. The molecule has 0 fully saturated rings. The molecule has 0 heterocycles. The number of hydrogen-bond acceptors (Lipinski definition) is 2. The second kappa shape index (κ2) is 10.8. The van der Waals surface area contributed by atoms with Crippen LogP contribution in [0, 0.1) is 5.41 Å². The van der Waals surface area contributed by atoms with Crippen LogP contribution in [-0.2, 0) is 4.79 Å². The fourth-order valence-corrected chi connectivity index (χ4v) is 3.31. The lowest BCUT2D eigenvalue weighted by Gasteiger charge is -2.35. The molecule has 0 saturated carbocycles. The van der Waals surface area contributed by atoms with Gasteiger partial charge in [0.25, 0.3) is 0 Å². The summed E-state index contributed by atoms with van der Waals surface area (Å²) in [6, 6.07) is 0. The van der Waals surface area contributed by atoms with E-state index in [1.54, 1.807) is 13.0 Å². The van der Waals surface area contributed by atoms with Gasteiger partial charge in [-0.05, 0) is 57.1 Å². The Morgan fingerprint density at radius 2 is 1.52 bits per heavy atom. The van der Waals surface area contributed by atoms with Gasteiger partial charge in [-0.1, -0.05) is 85.3 Å². The number of rotatable bonds is 7. The number of aldehydes is 1. The maximum absolute atomic E-state index is 10.5. The van der Waals surface area contributed by atoms with Crippen LogP contribution in [0.15, 0.2) is 82.5 Å². The van der Waals surface area contributed by atoms with E-state index in [0.29, 0.717) is 5.57 Å². The fraction of sp³-hybridized carbons (Fsp3) is 0.400. The highest BCUT2D eigenvalue weighted by atomic mass is 16.3. The van der Waals surface area contributed by atoms with Crippen molar-refractivity contribution in [1.29, 1.82) is 0 Å². The van der Waals surface area contributed by atoms with Crippen molar-refractivity contribution in [1.82, 2.24) is 0 Å². The zero-order valence-electron chi connectivity index (χ0n) is 17.6. The third-order valence-electron chi connectivity index (χ3n) is 4.72. The van der Waals surface area contributed by atoms with Gasteiger partial charge in [0, 0.05) is 0 Å². The molecule has 0 radical (unpaired) electrons. The minimum atomic E-state index is -0.224. The highest BCUT2D eigenvalue weighted by Crippen LogP contribution is 2.40. The van der Waals surface area contributed by atoms with Gasteiger partial charge in [0.2, 0.25) is 0 Å². The van der Waals surface area contributed by atoms with E-state index in [1.807, 2.05) is 31.2 Å². The van der Waals surface area contributed by atoms with E-state index < -0.39 is 0 Å². The van der Waals surface area contributed by atoms with Crippen LogP contribution in [0.2, 0.25) is 0 Å². The smallest absolute Gasteiger partial charge is 0.145 e. The van der Waals surface area contributed by atoms with Crippen molar-refractivity contribution in [2.45, 2.75) is 60.5 Å². The first-order chi connectivity index (χ1) is 12.7. The first-order valence-electron chi connectivity index (χ1n) is 9.54. The maximum Gasteiger partial charge on any atom is 0.145 e. The topological polar surface area (TPSA) is 37.3 Å². The Hall–Kier alpha value is -2.19. The first-order valence-corrected chi connectivity index (χ1v) is 9.54. The Bertz CT molecular complexity index is 734. The number of aliphatic hydroxyl groups excluding tert-OH is 1. The largest absolute Gasteiger partial charge is 0.393 e. The lowest BCUT2D eigenvalue weighted by atomic mass is 9.71. The summed E-state index contributed by atoms with van der Waals surface area (Å²) in [4.78, 5) is 10.5. The zero-order chi connectivity index (χ0) is 20.4. The monoisotopic (exact) mass is 366 g/mol. The van der Waals surface area contributed by atoms with Crippen LogP contribution >= 0.6 is 0 Å². The normalized spacial score (nSPS) is 22.5. The molecule has 0 aromatic rings. The average Bonchev–Trinajstić information content (AvgIpc) is 2.56. The quantitative estimate of drug-likeness (QED) is 0.331.